The minimum Gasteiger partial charge on any atom is -0.195 e. The second-order valence-corrected chi connectivity index (χ2v) is 9.93. The molecule has 0 N–H and O–H groups in total. The van der Waals surface area contributed by atoms with Gasteiger partial charge in [0.15, 0.2) is 5.83 Å². The zero-order valence-electron chi connectivity index (χ0n) is 19.4. The van der Waals surface area contributed by atoms with Gasteiger partial charge >= 0.3 is 0 Å². The Kier molecular flexibility index (Phi) is 9.85. The van der Waals surface area contributed by atoms with Crippen LogP contribution in [0.2, 0.25) is 0 Å². The molecule has 2 heteroatoms. The van der Waals surface area contributed by atoms with Crippen LogP contribution < -0.4 is 0 Å². The van der Waals surface area contributed by atoms with Crippen LogP contribution in [0.25, 0.3) is 0 Å². The predicted octanol–water partition coefficient (Wildman–Crippen LogP) is 8.82. The number of allylic oxidation sites excluding steroid dienone is 4. The van der Waals surface area contributed by atoms with Crippen molar-refractivity contribution >= 4 is 0 Å². The number of hydrogen-bond acceptors (Lipinski definition) is 1. The van der Waals surface area contributed by atoms with Gasteiger partial charge in [0.05, 0.1) is 0 Å². The zero-order valence-corrected chi connectivity index (χ0v) is 19.4. The molecule has 0 amide bonds. The zero-order chi connectivity index (χ0) is 21.9. The van der Waals surface area contributed by atoms with Gasteiger partial charge in [-0.15, -0.1) is 0 Å². The number of halogens is 1. The first-order valence-electron chi connectivity index (χ1n) is 12.7. The number of unbranched alkanes of at least 4 members (excludes halogenated alkanes) is 1. The van der Waals surface area contributed by atoms with Gasteiger partial charge in [-0.2, -0.15) is 9.65 Å². The van der Waals surface area contributed by atoms with Gasteiger partial charge in [-0.05, 0) is 105 Å². The van der Waals surface area contributed by atoms with E-state index >= 15 is 0 Å². The van der Waals surface area contributed by atoms with Crippen molar-refractivity contribution < 1.29 is 4.39 Å². The first kappa shape index (κ1) is 23.8. The summed E-state index contributed by atoms with van der Waals surface area (Å²) in [5, 5.41) is 8.45. The molecule has 2 aliphatic carbocycles. The van der Waals surface area contributed by atoms with E-state index in [1.807, 2.05) is 0 Å². The third-order valence-electron chi connectivity index (χ3n) is 7.72. The molecule has 0 heterocycles. The summed E-state index contributed by atoms with van der Waals surface area (Å²) in [4.78, 5) is 0. The van der Waals surface area contributed by atoms with Crippen molar-refractivity contribution in [3.8, 4) is 6.07 Å². The van der Waals surface area contributed by atoms with Crippen LogP contribution in [-0.4, -0.2) is 0 Å². The normalized spacial score (nSPS) is 27.3. The molecule has 1 aromatic rings. The van der Waals surface area contributed by atoms with Crippen molar-refractivity contribution in [1.29, 1.82) is 5.26 Å². The number of rotatable bonds is 9. The summed E-state index contributed by atoms with van der Waals surface area (Å²) < 4.78 is 12.9. The average Bonchev–Trinajstić information content (AvgIpc) is 2.83. The molecule has 0 atom stereocenters. The molecular weight excluding hydrogens is 381 g/mol. The third kappa shape index (κ3) is 7.95. The van der Waals surface area contributed by atoms with Gasteiger partial charge in [-0.25, -0.2) is 0 Å². The van der Waals surface area contributed by atoms with Crippen molar-refractivity contribution in [2.75, 3.05) is 0 Å². The third-order valence-corrected chi connectivity index (χ3v) is 7.72. The van der Waals surface area contributed by atoms with E-state index in [4.69, 9.17) is 5.26 Å². The van der Waals surface area contributed by atoms with Gasteiger partial charge in [-0.3, -0.25) is 0 Å². The Morgan fingerprint density at radius 3 is 2.16 bits per heavy atom. The van der Waals surface area contributed by atoms with E-state index in [-0.39, 0.29) is 0 Å². The van der Waals surface area contributed by atoms with Gasteiger partial charge in [0, 0.05) is 0 Å². The quantitative estimate of drug-likeness (QED) is 0.288. The van der Waals surface area contributed by atoms with E-state index in [0.29, 0.717) is 5.92 Å². The number of benzene rings is 1. The summed E-state index contributed by atoms with van der Waals surface area (Å²) in [7, 11) is 0. The highest BCUT2D eigenvalue weighted by atomic mass is 19.1. The Balaban J connectivity index is 1.32. The fraction of sp³-hybridized carbons (Fsp3) is 0.621. The van der Waals surface area contributed by atoms with E-state index in [1.165, 1.54) is 101 Å². The maximum absolute atomic E-state index is 12.9. The molecule has 0 saturated heterocycles. The fourth-order valence-corrected chi connectivity index (χ4v) is 5.60. The Morgan fingerprint density at radius 2 is 1.58 bits per heavy atom. The second-order valence-electron chi connectivity index (χ2n) is 9.93. The van der Waals surface area contributed by atoms with E-state index in [1.54, 1.807) is 11.6 Å². The molecule has 0 spiro atoms. The van der Waals surface area contributed by atoms with E-state index in [0.717, 1.165) is 17.8 Å². The standard InChI is InChI=1S/C29H40FN/c1-2-3-5-23-14-18-27(19-15-23)28-20-16-26(17-21-28)13-12-25-10-8-24(9-11-25)6-4-7-29(30)22-31/h4,6-7,14-15,18-19,24-26,28H,2-3,5,8-13,16-17,20-21H2,1H3/t24-,25-,26-,28-. The lowest BCUT2D eigenvalue weighted by atomic mass is 9.74. The predicted molar refractivity (Wildman–Crippen MR) is 128 cm³/mol. The highest BCUT2D eigenvalue weighted by Gasteiger charge is 2.24. The van der Waals surface area contributed by atoms with Crippen molar-refractivity contribution in [3.63, 3.8) is 0 Å². The molecule has 0 unspecified atom stereocenters. The minimum atomic E-state index is -0.705. The maximum atomic E-state index is 12.9. The molecule has 31 heavy (non-hydrogen) atoms. The number of nitriles is 1. The van der Waals surface area contributed by atoms with Gasteiger partial charge in [-0.1, -0.05) is 62.6 Å². The molecule has 1 aromatic carbocycles. The Morgan fingerprint density at radius 1 is 0.968 bits per heavy atom. The summed E-state index contributed by atoms with van der Waals surface area (Å²) in [6.45, 7) is 2.26. The number of aryl methyl sites for hydroxylation is 1. The number of hydrogen-bond donors (Lipinski definition) is 0. The van der Waals surface area contributed by atoms with Crippen LogP contribution in [0, 0.1) is 29.1 Å². The largest absolute Gasteiger partial charge is 0.199 e. The van der Waals surface area contributed by atoms with Crippen LogP contribution in [-0.2, 0) is 6.42 Å². The molecule has 1 nitrogen and oxygen atoms in total. The van der Waals surface area contributed by atoms with Crippen molar-refractivity contribution in [1.82, 2.24) is 0 Å². The second kappa shape index (κ2) is 12.8. The van der Waals surface area contributed by atoms with E-state index in [9.17, 15) is 4.39 Å². The van der Waals surface area contributed by atoms with Crippen molar-refractivity contribution in [3.05, 3.63) is 59.4 Å². The van der Waals surface area contributed by atoms with Crippen LogP contribution in [0.4, 0.5) is 4.39 Å². The molecule has 3 rings (SSSR count). The lowest BCUT2D eigenvalue weighted by molar-refractivity contribution is 0.246. The molecule has 0 aromatic heterocycles. The lowest BCUT2D eigenvalue weighted by Crippen LogP contribution is -2.17. The monoisotopic (exact) mass is 421 g/mol. The minimum absolute atomic E-state index is 0.558. The Hall–Kier alpha value is -1.88. The molecule has 2 aliphatic rings. The van der Waals surface area contributed by atoms with Crippen molar-refractivity contribution in [2.45, 2.75) is 96.3 Å². The van der Waals surface area contributed by atoms with E-state index in [2.05, 4.69) is 37.3 Å². The molecule has 168 valence electrons. The van der Waals surface area contributed by atoms with Gasteiger partial charge in [0.1, 0.15) is 6.07 Å². The first-order chi connectivity index (χ1) is 15.2. The fourth-order valence-electron chi connectivity index (χ4n) is 5.60. The van der Waals surface area contributed by atoms with Crippen LogP contribution in [0.3, 0.4) is 0 Å². The molecule has 0 aliphatic heterocycles. The average molecular weight is 422 g/mol. The number of nitrogens with zero attached hydrogens (tertiary/aromatic N) is 1. The molecular formula is C29H40FN. The summed E-state index contributed by atoms with van der Waals surface area (Å²) >= 11 is 0. The summed E-state index contributed by atoms with van der Waals surface area (Å²) in [5.41, 5.74) is 3.06. The molecule has 0 radical (unpaired) electrons. The van der Waals surface area contributed by atoms with Crippen LogP contribution in [0.1, 0.15) is 101 Å². The lowest BCUT2D eigenvalue weighted by Gasteiger charge is -2.31. The molecule has 2 saturated carbocycles. The highest BCUT2D eigenvalue weighted by Crippen LogP contribution is 2.40. The Labute approximate surface area is 189 Å². The molecule has 0 bridgehead atoms. The summed E-state index contributed by atoms with van der Waals surface area (Å²) in [6, 6.07) is 11.0. The van der Waals surface area contributed by atoms with Crippen LogP contribution in [0.5, 0.6) is 0 Å². The topological polar surface area (TPSA) is 23.8 Å². The first-order valence-corrected chi connectivity index (χ1v) is 12.7. The van der Waals surface area contributed by atoms with Gasteiger partial charge in [0.25, 0.3) is 0 Å². The van der Waals surface area contributed by atoms with Gasteiger partial charge < -0.3 is 0 Å². The highest BCUT2D eigenvalue weighted by molar-refractivity contribution is 5.26. The summed E-state index contributed by atoms with van der Waals surface area (Å²) in [5.74, 6) is 2.44. The summed E-state index contributed by atoms with van der Waals surface area (Å²) in [6.07, 6.45) is 22.2. The SMILES string of the molecule is CCCCc1ccc([C@H]2CC[C@H](CC[C@H]3CC[C@H](C=CC=C(F)C#N)CC3)CC2)cc1. The van der Waals surface area contributed by atoms with Crippen LogP contribution >= 0.6 is 0 Å². The van der Waals surface area contributed by atoms with Gasteiger partial charge in [0.2, 0.25) is 0 Å². The Bertz CT molecular complexity index is 738. The smallest absolute Gasteiger partial charge is 0.195 e. The maximum Gasteiger partial charge on any atom is 0.199 e. The molecule has 2 fully saturated rings. The van der Waals surface area contributed by atoms with E-state index < -0.39 is 5.83 Å². The van der Waals surface area contributed by atoms with Crippen molar-refractivity contribution in [2.24, 2.45) is 17.8 Å². The van der Waals surface area contributed by atoms with Crippen LogP contribution in [0.15, 0.2) is 48.3 Å².